The highest BCUT2D eigenvalue weighted by atomic mass is 32.2. The second-order valence-electron chi connectivity index (χ2n) is 9.54. The van der Waals surface area contributed by atoms with Gasteiger partial charge in [0.2, 0.25) is 0 Å². The van der Waals surface area contributed by atoms with Crippen molar-refractivity contribution in [3.05, 3.63) is 72.3 Å². The maximum absolute atomic E-state index is 11.8. The minimum absolute atomic E-state index is 0.306. The van der Waals surface area contributed by atoms with Gasteiger partial charge in [0.1, 0.15) is 11.5 Å². The number of hydrogen-bond donors (Lipinski definition) is 0. The molecule has 0 amide bonds. The minimum atomic E-state index is -3.24. The maximum Gasteiger partial charge on any atom is 0.175 e. The van der Waals surface area contributed by atoms with E-state index >= 15 is 0 Å². The molecule has 4 heterocycles. The number of aromatic nitrogens is 4. The summed E-state index contributed by atoms with van der Waals surface area (Å²) >= 11 is 0. The third-order valence-corrected chi connectivity index (χ3v) is 8.22. The van der Waals surface area contributed by atoms with Crippen molar-refractivity contribution in [3.8, 4) is 33.9 Å². The summed E-state index contributed by atoms with van der Waals surface area (Å²) in [5.41, 5.74) is 6.62. The van der Waals surface area contributed by atoms with Gasteiger partial charge in [0.25, 0.3) is 0 Å². The number of aryl methyl sites for hydroxylation is 1. The van der Waals surface area contributed by atoms with Crippen molar-refractivity contribution < 1.29 is 8.42 Å². The molecule has 1 fully saturated rings. The predicted octanol–water partition coefficient (Wildman–Crippen LogP) is 5.28. The van der Waals surface area contributed by atoms with E-state index in [-0.39, 0.29) is 0 Å². The van der Waals surface area contributed by atoms with Crippen LogP contribution in [0.4, 0.5) is 0 Å². The zero-order valence-electron chi connectivity index (χ0n) is 19.3. The van der Waals surface area contributed by atoms with Gasteiger partial charge in [-0.15, -0.1) is 0 Å². The van der Waals surface area contributed by atoms with Crippen molar-refractivity contribution in [1.29, 1.82) is 0 Å². The molecule has 1 unspecified atom stereocenters. The van der Waals surface area contributed by atoms with Crippen LogP contribution in [0.15, 0.2) is 65.7 Å². The molecule has 2 aliphatic rings. The highest BCUT2D eigenvalue weighted by Crippen LogP contribution is 2.47. The summed E-state index contributed by atoms with van der Waals surface area (Å²) in [5, 5.41) is 0. The molecule has 1 aromatic carbocycles. The minimum Gasteiger partial charge on any atom is -0.327 e. The zero-order chi connectivity index (χ0) is 23.4. The molecular formula is C27H26N4O2S. The van der Waals surface area contributed by atoms with Crippen molar-refractivity contribution in [2.45, 2.75) is 43.5 Å². The van der Waals surface area contributed by atoms with Gasteiger partial charge >= 0.3 is 0 Å². The molecule has 2 atom stereocenters. The molecule has 0 spiro atoms. The average Bonchev–Trinajstić information content (AvgIpc) is 3.41. The molecule has 4 aromatic rings. The van der Waals surface area contributed by atoms with Gasteiger partial charge in [-0.25, -0.2) is 13.4 Å². The quantitative estimate of drug-likeness (QED) is 0.405. The van der Waals surface area contributed by atoms with Crippen molar-refractivity contribution in [2.24, 2.45) is 5.92 Å². The lowest BCUT2D eigenvalue weighted by atomic mass is 9.99. The fourth-order valence-electron chi connectivity index (χ4n) is 5.45. The van der Waals surface area contributed by atoms with E-state index in [9.17, 15) is 8.42 Å². The Morgan fingerprint density at radius 3 is 2.53 bits per heavy atom. The molecule has 0 saturated heterocycles. The van der Waals surface area contributed by atoms with Crippen molar-refractivity contribution in [3.63, 3.8) is 0 Å². The fourth-order valence-corrected chi connectivity index (χ4v) is 6.09. The van der Waals surface area contributed by atoms with Gasteiger partial charge in [0.15, 0.2) is 9.84 Å². The fraction of sp³-hybridized carbons (Fsp3) is 0.296. The third-order valence-electron chi connectivity index (χ3n) is 7.09. The normalized spacial score (nSPS) is 19.2. The van der Waals surface area contributed by atoms with E-state index < -0.39 is 9.84 Å². The second-order valence-corrected chi connectivity index (χ2v) is 11.6. The van der Waals surface area contributed by atoms with Gasteiger partial charge in [-0.05, 0) is 68.5 Å². The molecule has 0 N–H and O–H groups in total. The van der Waals surface area contributed by atoms with Crippen LogP contribution in [-0.4, -0.2) is 34.2 Å². The summed E-state index contributed by atoms with van der Waals surface area (Å²) in [7, 11) is -3.24. The Morgan fingerprint density at radius 2 is 1.76 bits per heavy atom. The molecule has 3 aromatic heterocycles. The average molecular weight is 471 g/mol. The first-order valence-electron chi connectivity index (χ1n) is 11.7. The van der Waals surface area contributed by atoms with E-state index in [4.69, 9.17) is 9.97 Å². The summed E-state index contributed by atoms with van der Waals surface area (Å²) in [5.74, 6) is 2.40. The van der Waals surface area contributed by atoms with Crippen LogP contribution >= 0.6 is 0 Å². The Labute approximate surface area is 199 Å². The van der Waals surface area contributed by atoms with Gasteiger partial charge in [0, 0.05) is 41.7 Å². The summed E-state index contributed by atoms with van der Waals surface area (Å²) in [6.07, 6.45) is 6.74. The Morgan fingerprint density at radius 1 is 0.941 bits per heavy atom. The zero-order valence-corrected chi connectivity index (χ0v) is 20.1. The van der Waals surface area contributed by atoms with Gasteiger partial charge in [-0.2, -0.15) is 0 Å². The lowest BCUT2D eigenvalue weighted by Gasteiger charge is -2.23. The van der Waals surface area contributed by atoms with Gasteiger partial charge in [-0.3, -0.25) is 9.97 Å². The number of rotatable bonds is 4. The van der Waals surface area contributed by atoms with Crippen LogP contribution in [0.5, 0.6) is 0 Å². The van der Waals surface area contributed by atoms with Crippen LogP contribution < -0.4 is 0 Å². The first-order chi connectivity index (χ1) is 16.4. The highest BCUT2D eigenvalue weighted by molar-refractivity contribution is 7.90. The summed E-state index contributed by atoms with van der Waals surface area (Å²) in [6.45, 7) is 2.99. The number of fused-ring (bicyclic) bond motifs is 4. The van der Waals surface area contributed by atoms with Gasteiger partial charge < -0.3 is 4.57 Å². The summed E-state index contributed by atoms with van der Waals surface area (Å²) < 4.78 is 26.1. The van der Waals surface area contributed by atoms with E-state index in [0.717, 1.165) is 46.1 Å². The Hall–Kier alpha value is -3.32. The standard InChI is InChI=1S/C27H26N4O2S/c1-17-4-3-5-23(29-17)25-26(31-16-18-6-7-21(14-18)27(31)30-25)20-12-13-28-24(15-20)19-8-10-22(11-9-19)34(2,32)33/h3-5,8-13,15,18,21H,6-7,14,16H2,1-2H3/t18?,21-/m1/s1. The maximum atomic E-state index is 11.8. The monoisotopic (exact) mass is 470 g/mol. The van der Waals surface area contributed by atoms with Crippen molar-refractivity contribution in [2.75, 3.05) is 6.26 Å². The molecule has 1 aliphatic heterocycles. The van der Waals surface area contributed by atoms with Crippen LogP contribution in [-0.2, 0) is 16.4 Å². The Balaban J connectivity index is 1.50. The number of sulfone groups is 1. The number of pyridine rings is 2. The number of nitrogens with zero attached hydrogens (tertiary/aromatic N) is 4. The highest BCUT2D eigenvalue weighted by Gasteiger charge is 2.37. The van der Waals surface area contributed by atoms with Crippen molar-refractivity contribution >= 4 is 9.84 Å². The SMILES string of the molecule is Cc1cccc(-c2nc3n(c2-c2ccnc(-c4ccc(S(C)(=O)=O)cc4)c2)CC2CC[C@@H]3C2)n1. The molecule has 34 heavy (non-hydrogen) atoms. The van der Waals surface area contributed by atoms with E-state index in [1.165, 1.54) is 31.3 Å². The second kappa shape index (κ2) is 7.87. The Bertz CT molecular complexity index is 1510. The van der Waals surface area contributed by atoms with Crippen LogP contribution in [0, 0.1) is 12.8 Å². The molecule has 2 bridgehead atoms. The summed E-state index contributed by atoms with van der Waals surface area (Å²) in [6, 6.07) is 17.1. The van der Waals surface area contributed by atoms with Crippen LogP contribution in [0.1, 0.15) is 36.7 Å². The molecule has 0 radical (unpaired) electrons. The predicted molar refractivity (Wildman–Crippen MR) is 132 cm³/mol. The van der Waals surface area contributed by atoms with E-state index in [1.807, 2.05) is 49.5 Å². The third kappa shape index (κ3) is 3.64. The number of imidazole rings is 1. The topological polar surface area (TPSA) is 77.7 Å². The van der Waals surface area contributed by atoms with Crippen LogP contribution in [0.3, 0.4) is 0 Å². The van der Waals surface area contributed by atoms with E-state index in [0.29, 0.717) is 16.7 Å². The van der Waals surface area contributed by atoms with Crippen molar-refractivity contribution in [1.82, 2.24) is 19.5 Å². The largest absolute Gasteiger partial charge is 0.327 e. The van der Waals surface area contributed by atoms with Gasteiger partial charge in [-0.1, -0.05) is 18.2 Å². The lowest BCUT2D eigenvalue weighted by molar-refractivity contribution is 0.403. The van der Waals surface area contributed by atoms with E-state index in [2.05, 4.69) is 15.6 Å². The number of benzene rings is 1. The van der Waals surface area contributed by atoms with Crippen LogP contribution in [0.25, 0.3) is 33.9 Å². The molecular weight excluding hydrogens is 444 g/mol. The van der Waals surface area contributed by atoms with E-state index in [1.54, 1.807) is 12.1 Å². The number of hydrogen-bond acceptors (Lipinski definition) is 5. The molecule has 172 valence electrons. The molecule has 6 rings (SSSR count). The first-order valence-corrected chi connectivity index (χ1v) is 13.6. The molecule has 7 heteroatoms. The molecule has 1 aliphatic carbocycles. The first kappa shape index (κ1) is 21.2. The molecule has 6 nitrogen and oxygen atoms in total. The summed E-state index contributed by atoms with van der Waals surface area (Å²) in [4.78, 5) is 14.9. The lowest BCUT2D eigenvalue weighted by Crippen LogP contribution is -2.18. The Kier molecular flexibility index (Phi) is 4.92. The smallest absolute Gasteiger partial charge is 0.175 e. The molecule has 1 saturated carbocycles. The van der Waals surface area contributed by atoms with Crippen LogP contribution in [0.2, 0.25) is 0 Å². The van der Waals surface area contributed by atoms with Gasteiger partial charge in [0.05, 0.1) is 22.0 Å².